The van der Waals surface area contributed by atoms with Crippen LogP contribution < -0.4 is 10.1 Å². The van der Waals surface area contributed by atoms with Crippen LogP contribution >= 0.6 is 0 Å². The molecule has 0 heterocycles. The first-order valence-electron chi connectivity index (χ1n) is 7.44. The van der Waals surface area contributed by atoms with Crippen LogP contribution in [0, 0.1) is 5.92 Å². The molecule has 0 aliphatic rings. The summed E-state index contributed by atoms with van der Waals surface area (Å²) in [5.74, 6) is 1.50. The summed E-state index contributed by atoms with van der Waals surface area (Å²) in [6, 6.07) is 8.85. The highest BCUT2D eigenvalue weighted by Gasteiger charge is 2.14. The van der Waals surface area contributed by atoms with E-state index in [1.54, 1.807) is 14.2 Å². The second-order valence-corrected chi connectivity index (χ2v) is 5.77. The summed E-state index contributed by atoms with van der Waals surface area (Å²) in [6.45, 7) is 7.52. The Bertz CT molecular complexity index is 379. The summed E-state index contributed by atoms with van der Waals surface area (Å²) in [7, 11) is 3.49. The third-order valence-electron chi connectivity index (χ3n) is 3.54. The van der Waals surface area contributed by atoms with Gasteiger partial charge in [0.05, 0.1) is 13.2 Å². The van der Waals surface area contributed by atoms with Gasteiger partial charge in [-0.25, -0.2) is 0 Å². The van der Waals surface area contributed by atoms with Gasteiger partial charge in [-0.2, -0.15) is 0 Å². The molecule has 0 bridgehead atoms. The second kappa shape index (κ2) is 8.98. The molecule has 0 spiro atoms. The van der Waals surface area contributed by atoms with Crippen LogP contribution in [0.5, 0.6) is 5.75 Å². The predicted octanol–water partition coefficient (Wildman–Crippen LogP) is 3.28. The fraction of sp³-hybridized carbons (Fsp3) is 0.647. The molecule has 114 valence electrons. The quantitative estimate of drug-likeness (QED) is 0.752. The molecule has 0 radical (unpaired) electrons. The molecule has 0 saturated carbocycles. The molecule has 2 unspecified atom stereocenters. The van der Waals surface area contributed by atoms with Crippen molar-refractivity contribution in [2.45, 2.75) is 45.8 Å². The van der Waals surface area contributed by atoms with Crippen LogP contribution in [0.2, 0.25) is 0 Å². The number of hydrogen-bond donors (Lipinski definition) is 1. The highest BCUT2D eigenvalue weighted by Crippen LogP contribution is 2.19. The zero-order chi connectivity index (χ0) is 15.0. The zero-order valence-electron chi connectivity index (χ0n) is 13.5. The summed E-state index contributed by atoms with van der Waals surface area (Å²) < 4.78 is 10.7. The standard InChI is InChI=1S/C17H29NO2/c1-13(2)18-12-16(9-14(3)19-4)10-15-7-6-8-17(11-15)20-5/h6-8,11,13-14,16,18H,9-10,12H2,1-5H3. The molecule has 0 amide bonds. The smallest absolute Gasteiger partial charge is 0.119 e. The van der Waals surface area contributed by atoms with E-state index < -0.39 is 0 Å². The van der Waals surface area contributed by atoms with Crippen LogP contribution in [0.4, 0.5) is 0 Å². The predicted molar refractivity (Wildman–Crippen MR) is 84.4 cm³/mol. The number of benzene rings is 1. The van der Waals surface area contributed by atoms with Crippen LogP contribution in [0.1, 0.15) is 32.8 Å². The lowest BCUT2D eigenvalue weighted by atomic mass is 9.93. The molecule has 0 fully saturated rings. The molecule has 0 saturated heterocycles. The number of nitrogens with one attached hydrogen (secondary N) is 1. The van der Waals surface area contributed by atoms with Gasteiger partial charge in [-0.1, -0.05) is 26.0 Å². The van der Waals surface area contributed by atoms with E-state index in [2.05, 4.69) is 44.3 Å². The van der Waals surface area contributed by atoms with E-state index in [-0.39, 0.29) is 0 Å². The van der Waals surface area contributed by atoms with E-state index in [0.29, 0.717) is 18.1 Å². The summed E-state index contributed by atoms with van der Waals surface area (Å²) in [5.41, 5.74) is 1.32. The van der Waals surface area contributed by atoms with Crippen molar-refractivity contribution in [3.05, 3.63) is 29.8 Å². The Morgan fingerprint density at radius 3 is 2.50 bits per heavy atom. The largest absolute Gasteiger partial charge is 0.497 e. The molecular formula is C17H29NO2. The Morgan fingerprint density at radius 1 is 1.15 bits per heavy atom. The van der Waals surface area contributed by atoms with Crippen molar-refractivity contribution in [2.24, 2.45) is 5.92 Å². The lowest BCUT2D eigenvalue weighted by Gasteiger charge is -2.22. The van der Waals surface area contributed by atoms with Gasteiger partial charge in [0, 0.05) is 13.2 Å². The second-order valence-electron chi connectivity index (χ2n) is 5.77. The Labute approximate surface area is 123 Å². The average molecular weight is 279 g/mol. The number of ether oxygens (including phenoxy) is 2. The lowest BCUT2D eigenvalue weighted by molar-refractivity contribution is 0.0942. The van der Waals surface area contributed by atoms with Gasteiger partial charge >= 0.3 is 0 Å². The van der Waals surface area contributed by atoms with Gasteiger partial charge in [0.1, 0.15) is 5.75 Å². The topological polar surface area (TPSA) is 30.5 Å². The van der Waals surface area contributed by atoms with Crippen LogP contribution in [0.15, 0.2) is 24.3 Å². The third kappa shape index (κ3) is 6.40. The van der Waals surface area contributed by atoms with Gasteiger partial charge in [-0.05, 0) is 49.9 Å². The Morgan fingerprint density at radius 2 is 1.90 bits per heavy atom. The molecular weight excluding hydrogens is 250 g/mol. The summed E-state index contributed by atoms with van der Waals surface area (Å²) in [6.07, 6.45) is 2.40. The zero-order valence-corrected chi connectivity index (χ0v) is 13.5. The molecule has 0 aromatic heterocycles. The van der Waals surface area contributed by atoms with Crippen LogP contribution in [0.3, 0.4) is 0 Å². The van der Waals surface area contributed by atoms with E-state index in [1.807, 2.05) is 6.07 Å². The van der Waals surface area contributed by atoms with E-state index in [4.69, 9.17) is 9.47 Å². The molecule has 3 heteroatoms. The minimum Gasteiger partial charge on any atom is -0.497 e. The van der Waals surface area contributed by atoms with Crippen molar-refractivity contribution in [1.29, 1.82) is 0 Å². The normalized spacial score (nSPS) is 14.3. The van der Waals surface area contributed by atoms with E-state index in [1.165, 1.54) is 5.56 Å². The molecule has 20 heavy (non-hydrogen) atoms. The van der Waals surface area contributed by atoms with Crippen LogP contribution in [-0.2, 0) is 11.2 Å². The van der Waals surface area contributed by atoms with E-state index >= 15 is 0 Å². The SMILES string of the molecule is COc1cccc(CC(CNC(C)C)CC(C)OC)c1. The van der Waals surface area contributed by atoms with Crippen molar-refractivity contribution >= 4 is 0 Å². The molecule has 0 aliphatic carbocycles. The fourth-order valence-corrected chi connectivity index (χ4v) is 2.34. The first-order chi connectivity index (χ1) is 9.55. The molecule has 1 rings (SSSR count). The summed E-state index contributed by atoms with van der Waals surface area (Å²) in [4.78, 5) is 0. The Kier molecular flexibility index (Phi) is 7.63. The van der Waals surface area contributed by atoms with Crippen molar-refractivity contribution in [3.63, 3.8) is 0 Å². The maximum absolute atomic E-state index is 5.42. The maximum atomic E-state index is 5.42. The molecule has 1 N–H and O–H groups in total. The van der Waals surface area contributed by atoms with Gasteiger partial charge in [0.25, 0.3) is 0 Å². The van der Waals surface area contributed by atoms with Gasteiger partial charge in [-0.15, -0.1) is 0 Å². The van der Waals surface area contributed by atoms with Gasteiger partial charge in [-0.3, -0.25) is 0 Å². The van der Waals surface area contributed by atoms with Crippen molar-refractivity contribution in [1.82, 2.24) is 5.32 Å². The highest BCUT2D eigenvalue weighted by molar-refractivity contribution is 5.28. The fourth-order valence-electron chi connectivity index (χ4n) is 2.34. The van der Waals surface area contributed by atoms with Crippen molar-refractivity contribution < 1.29 is 9.47 Å². The number of rotatable bonds is 9. The summed E-state index contributed by atoms with van der Waals surface area (Å²) in [5, 5.41) is 3.54. The lowest BCUT2D eigenvalue weighted by Crippen LogP contribution is -2.31. The summed E-state index contributed by atoms with van der Waals surface area (Å²) >= 11 is 0. The Hall–Kier alpha value is -1.06. The molecule has 2 atom stereocenters. The highest BCUT2D eigenvalue weighted by atomic mass is 16.5. The van der Waals surface area contributed by atoms with Gasteiger partial charge in [0.15, 0.2) is 0 Å². The van der Waals surface area contributed by atoms with Gasteiger partial charge < -0.3 is 14.8 Å². The van der Waals surface area contributed by atoms with Crippen molar-refractivity contribution in [2.75, 3.05) is 20.8 Å². The third-order valence-corrected chi connectivity index (χ3v) is 3.54. The molecule has 3 nitrogen and oxygen atoms in total. The first kappa shape index (κ1) is 17.0. The van der Waals surface area contributed by atoms with Crippen molar-refractivity contribution in [3.8, 4) is 5.75 Å². The molecule has 0 aliphatic heterocycles. The van der Waals surface area contributed by atoms with E-state index in [0.717, 1.165) is 25.1 Å². The van der Waals surface area contributed by atoms with Crippen LogP contribution in [0.25, 0.3) is 0 Å². The minimum atomic E-state index is 0.291. The monoisotopic (exact) mass is 279 g/mol. The minimum absolute atomic E-state index is 0.291. The first-order valence-corrected chi connectivity index (χ1v) is 7.44. The molecule has 1 aromatic rings. The molecule has 1 aromatic carbocycles. The average Bonchev–Trinajstić information content (AvgIpc) is 2.44. The number of hydrogen-bond acceptors (Lipinski definition) is 3. The van der Waals surface area contributed by atoms with E-state index in [9.17, 15) is 0 Å². The van der Waals surface area contributed by atoms with Gasteiger partial charge in [0.2, 0.25) is 0 Å². The number of methoxy groups -OCH3 is 2. The van der Waals surface area contributed by atoms with Crippen LogP contribution in [-0.4, -0.2) is 32.9 Å². The maximum Gasteiger partial charge on any atom is 0.119 e. The Balaban J connectivity index is 2.65.